The van der Waals surface area contributed by atoms with E-state index < -0.39 is 0 Å². The van der Waals surface area contributed by atoms with Crippen LogP contribution in [0.2, 0.25) is 0 Å². The maximum atomic E-state index is 5.76. The maximum Gasteiger partial charge on any atom is 0.191 e. The molecule has 0 spiro atoms. The molecule has 1 atom stereocenters. The van der Waals surface area contributed by atoms with E-state index in [0.29, 0.717) is 6.54 Å². The van der Waals surface area contributed by atoms with E-state index in [-0.39, 0.29) is 6.10 Å². The zero-order valence-corrected chi connectivity index (χ0v) is 15.1. The Morgan fingerprint density at radius 3 is 3.00 bits per heavy atom. The van der Waals surface area contributed by atoms with Crippen LogP contribution in [-0.2, 0) is 16.0 Å². The monoisotopic (exact) mass is 358 g/mol. The van der Waals surface area contributed by atoms with Gasteiger partial charge < -0.3 is 20.1 Å². The Balaban J connectivity index is 1.40. The quantitative estimate of drug-likeness (QED) is 0.418. The van der Waals surface area contributed by atoms with Crippen LogP contribution >= 0.6 is 0 Å². The molecule has 2 heterocycles. The summed E-state index contributed by atoms with van der Waals surface area (Å²) in [6.07, 6.45) is 3.89. The van der Waals surface area contributed by atoms with Crippen LogP contribution in [0.4, 0.5) is 0 Å². The van der Waals surface area contributed by atoms with Crippen LogP contribution in [0.1, 0.15) is 18.7 Å². The highest BCUT2D eigenvalue weighted by atomic mass is 16.5. The minimum absolute atomic E-state index is 0.261. The first-order chi connectivity index (χ1) is 12.9. The number of guanidine groups is 1. The van der Waals surface area contributed by atoms with Crippen LogP contribution in [0.15, 0.2) is 41.7 Å². The topological polar surface area (TPSA) is 85.6 Å². The van der Waals surface area contributed by atoms with E-state index in [4.69, 9.17) is 9.47 Å². The molecule has 3 rings (SSSR count). The first-order valence-electron chi connectivity index (χ1n) is 8.95. The Hall–Kier alpha value is -2.45. The number of para-hydroxylation sites is 1. The molecule has 2 N–H and O–H groups in total. The zero-order valence-electron chi connectivity index (χ0n) is 15.1. The molecule has 1 unspecified atom stereocenters. The molecule has 0 radical (unpaired) electrons. The minimum atomic E-state index is 0.261. The van der Waals surface area contributed by atoms with E-state index in [0.717, 1.165) is 56.7 Å². The number of nitrogens with one attached hydrogen (secondary N) is 2. The molecule has 0 bridgehead atoms. The number of aromatic nitrogens is 3. The van der Waals surface area contributed by atoms with Gasteiger partial charge in [0.15, 0.2) is 11.8 Å². The van der Waals surface area contributed by atoms with Crippen LogP contribution in [0, 0.1) is 0 Å². The Bertz CT molecular complexity index is 682. The van der Waals surface area contributed by atoms with Crippen molar-refractivity contribution in [2.75, 3.05) is 33.4 Å². The van der Waals surface area contributed by atoms with Crippen LogP contribution in [0.25, 0.3) is 5.69 Å². The standard InChI is InChI=1S/C18H26N6O2/c1-19-18(20-9-5-10-26-16-8-11-25-13-16)21-12-17-23-22-14-24(17)15-6-3-2-4-7-15/h2-4,6-7,14,16H,5,8-13H2,1H3,(H2,19,20,21). The molecular formula is C18H26N6O2. The van der Waals surface area contributed by atoms with Crippen LogP contribution in [0.3, 0.4) is 0 Å². The van der Waals surface area contributed by atoms with Crippen molar-refractivity contribution in [3.8, 4) is 5.69 Å². The molecule has 8 heteroatoms. The van der Waals surface area contributed by atoms with Crippen molar-refractivity contribution in [2.45, 2.75) is 25.5 Å². The molecule has 0 aliphatic carbocycles. The second-order valence-corrected chi connectivity index (χ2v) is 6.02. The van der Waals surface area contributed by atoms with E-state index in [9.17, 15) is 0 Å². The van der Waals surface area contributed by atoms with Gasteiger partial charge >= 0.3 is 0 Å². The fourth-order valence-corrected chi connectivity index (χ4v) is 2.74. The summed E-state index contributed by atoms with van der Waals surface area (Å²) < 4.78 is 13.0. The predicted octanol–water partition coefficient (Wildman–Crippen LogP) is 1.13. The Morgan fingerprint density at radius 2 is 2.23 bits per heavy atom. The molecule has 0 amide bonds. The molecule has 1 aromatic carbocycles. The number of rotatable bonds is 8. The smallest absolute Gasteiger partial charge is 0.191 e. The summed E-state index contributed by atoms with van der Waals surface area (Å²) in [5.41, 5.74) is 1.03. The number of aliphatic imine (C=N–C) groups is 1. The van der Waals surface area contributed by atoms with Gasteiger partial charge in [-0.25, -0.2) is 0 Å². The van der Waals surface area contributed by atoms with Gasteiger partial charge in [-0.2, -0.15) is 0 Å². The number of benzene rings is 1. The molecule has 8 nitrogen and oxygen atoms in total. The van der Waals surface area contributed by atoms with E-state index in [2.05, 4.69) is 25.8 Å². The first-order valence-corrected chi connectivity index (χ1v) is 8.95. The summed E-state index contributed by atoms with van der Waals surface area (Å²) in [6.45, 7) is 3.58. The van der Waals surface area contributed by atoms with Crippen molar-refractivity contribution in [3.63, 3.8) is 0 Å². The molecule has 1 aliphatic rings. The van der Waals surface area contributed by atoms with Crippen LogP contribution in [0.5, 0.6) is 0 Å². The van der Waals surface area contributed by atoms with Crippen molar-refractivity contribution < 1.29 is 9.47 Å². The third-order valence-corrected chi connectivity index (χ3v) is 4.15. The van der Waals surface area contributed by atoms with Crippen molar-refractivity contribution in [3.05, 3.63) is 42.5 Å². The maximum absolute atomic E-state index is 5.76. The SMILES string of the molecule is CN=C(NCCCOC1CCOC1)NCc1nncn1-c1ccccc1. The summed E-state index contributed by atoms with van der Waals surface area (Å²) in [5, 5.41) is 14.8. The van der Waals surface area contributed by atoms with Gasteiger partial charge in [-0.1, -0.05) is 18.2 Å². The summed E-state index contributed by atoms with van der Waals surface area (Å²) in [4.78, 5) is 4.24. The largest absolute Gasteiger partial charge is 0.379 e. The van der Waals surface area contributed by atoms with Crippen molar-refractivity contribution in [1.29, 1.82) is 0 Å². The van der Waals surface area contributed by atoms with Crippen LogP contribution in [-0.4, -0.2) is 60.2 Å². The van der Waals surface area contributed by atoms with Gasteiger partial charge in [-0.3, -0.25) is 9.56 Å². The average Bonchev–Trinajstić information content (AvgIpc) is 3.36. The van der Waals surface area contributed by atoms with E-state index in [1.807, 2.05) is 34.9 Å². The molecular weight excluding hydrogens is 332 g/mol. The number of hydrogen-bond acceptors (Lipinski definition) is 5. The minimum Gasteiger partial charge on any atom is -0.379 e. The lowest BCUT2D eigenvalue weighted by Gasteiger charge is -2.13. The highest BCUT2D eigenvalue weighted by molar-refractivity contribution is 5.79. The summed E-state index contributed by atoms with van der Waals surface area (Å²) >= 11 is 0. The molecule has 2 aromatic rings. The lowest BCUT2D eigenvalue weighted by atomic mass is 10.3. The molecule has 1 saturated heterocycles. The lowest BCUT2D eigenvalue weighted by molar-refractivity contribution is 0.0420. The van der Waals surface area contributed by atoms with Crippen LogP contribution < -0.4 is 10.6 Å². The predicted molar refractivity (Wildman–Crippen MR) is 99.4 cm³/mol. The van der Waals surface area contributed by atoms with E-state index in [1.54, 1.807) is 13.4 Å². The Morgan fingerprint density at radius 1 is 1.35 bits per heavy atom. The third-order valence-electron chi connectivity index (χ3n) is 4.15. The summed E-state index contributed by atoms with van der Waals surface area (Å²) in [7, 11) is 1.75. The number of hydrogen-bond donors (Lipinski definition) is 2. The third kappa shape index (κ3) is 5.27. The zero-order chi connectivity index (χ0) is 18.0. The van der Waals surface area contributed by atoms with Gasteiger partial charge in [-0.05, 0) is 25.0 Å². The first kappa shape index (κ1) is 18.3. The van der Waals surface area contributed by atoms with Crippen molar-refractivity contribution in [2.24, 2.45) is 4.99 Å². The van der Waals surface area contributed by atoms with E-state index >= 15 is 0 Å². The van der Waals surface area contributed by atoms with Gasteiger partial charge in [0.2, 0.25) is 0 Å². The Labute approximate surface area is 153 Å². The van der Waals surface area contributed by atoms with Gasteiger partial charge in [0, 0.05) is 32.5 Å². The average molecular weight is 358 g/mol. The van der Waals surface area contributed by atoms with Gasteiger partial charge in [0.05, 0.1) is 19.3 Å². The molecule has 0 saturated carbocycles. The normalized spacial score (nSPS) is 17.4. The van der Waals surface area contributed by atoms with Crippen molar-refractivity contribution >= 4 is 5.96 Å². The van der Waals surface area contributed by atoms with E-state index in [1.165, 1.54) is 0 Å². The van der Waals surface area contributed by atoms with Gasteiger partial charge in [-0.15, -0.1) is 10.2 Å². The molecule has 1 fully saturated rings. The van der Waals surface area contributed by atoms with Gasteiger partial charge in [0.1, 0.15) is 6.33 Å². The van der Waals surface area contributed by atoms with Gasteiger partial charge in [0.25, 0.3) is 0 Å². The summed E-state index contributed by atoms with van der Waals surface area (Å²) in [5.74, 6) is 1.56. The fourth-order valence-electron chi connectivity index (χ4n) is 2.74. The fraction of sp³-hybridized carbons (Fsp3) is 0.500. The van der Waals surface area contributed by atoms with Crippen molar-refractivity contribution in [1.82, 2.24) is 25.4 Å². The highest BCUT2D eigenvalue weighted by Crippen LogP contribution is 2.09. The molecule has 1 aromatic heterocycles. The molecule has 140 valence electrons. The lowest BCUT2D eigenvalue weighted by Crippen LogP contribution is -2.38. The highest BCUT2D eigenvalue weighted by Gasteiger charge is 2.15. The summed E-state index contributed by atoms with van der Waals surface area (Å²) in [6, 6.07) is 10.0. The molecule has 1 aliphatic heterocycles. The number of nitrogens with zero attached hydrogens (tertiary/aromatic N) is 4. The second-order valence-electron chi connectivity index (χ2n) is 6.02. The number of ether oxygens (including phenoxy) is 2. The molecule has 26 heavy (non-hydrogen) atoms. The Kier molecular flexibility index (Phi) is 6.97. The second kappa shape index (κ2) is 9.88.